The standard InChI is InChI=1S/C19H17N5O2/c1-11-9-15-10-14(3-4-16(15)26-11)19(25)21-12(2)17-22-18(24-23-17)13-5-7-20-8-6-13/h3-10,12H,1-2H3,(H,21,25)(H,22,23,24). The van der Waals surface area contributed by atoms with Gasteiger partial charge in [-0.25, -0.2) is 4.98 Å². The second-order valence-corrected chi connectivity index (χ2v) is 6.08. The number of hydrogen-bond donors (Lipinski definition) is 2. The lowest BCUT2D eigenvalue weighted by Gasteiger charge is -2.11. The van der Waals surface area contributed by atoms with Crippen LogP contribution in [-0.4, -0.2) is 26.1 Å². The van der Waals surface area contributed by atoms with Gasteiger partial charge in [0.2, 0.25) is 0 Å². The van der Waals surface area contributed by atoms with Gasteiger partial charge in [-0.15, -0.1) is 0 Å². The van der Waals surface area contributed by atoms with Gasteiger partial charge in [-0.1, -0.05) is 0 Å². The van der Waals surface area contributed by atoms with Crippen LogP contribution in [0.1, 0.15) is 34.9 Å². The molecule has 0 aliphatic heterocycles. The molecule has 0 aliphatic carbocycles. The zero-order valence-electron chi connectivity index (χ0n) is 14.4. The predicted molar refractivity (Wildman–Crippen MR) is 96.4 cm³/mol. The number of amides is 1. The largest absolute Gasteiger partial charge is 0.461 e. The summed E-state index contributed by atoms with van der Waals surface area (Å²) in [4.78, 5) is 21.0. The number of benzene rings is 1. The molecule has 1 aromatic carbocycles. The summed E-state index contributed by atoms with van der Waals surface area (Å²) in [5.74, 6) is 1.79. The molecule has 4 rings (SSSR count). The highest BCUT2D eigenvalue weighted by Gasteiger charge is 2.16. The molecule has 1 atom stereocenters. The van der Waals surface area contributed by atoms with E-state index in [1.807, 2.05) is 38.1 Å². The molecule has 26 heavy (non-hydrogen) atoms. The highest BCUT2D eigenvalue weighted by molar-refractivity contribution is 5.98. The molecule has 3 heterocycles. The van der Waals surface area contributed by atoms with E-state index in [0.29, 0.717) is 17.2 Å². The van der Waals surface area contributed by atoms with Crippen LogP contribution in [0.4, 0.5) is 0 Å². The SMILES string of the molecule is Cc1cc2cc(C(=O)NC(C)c3nc(-c4ccncc4)n[nH]3)ccc2o1. The Hall–Kier alpha value is -3.48. The minimum atomic E-state index is -0.313. The Morgan fingerprint density at radius 2 is 2.00 bits per heavy atom. The Balaban J connectivity index is 1.51. The fourth-order valence-electron chi connectivity index (χ4n) is 2.76. The Morgan fingerprint density at radius 1 is 1.19 bits per heavy atom. The van der Waals surface area contributed by atoms with E-state index in [-0.39, 0.29) is 11.9 Å². The summed E-state index contributed by atoms with van der Waals surface area (Å²) in [7, 11) is 0. The van der Waals surface area contributed by atoms with Crippen molar-refractivity contribution in [3.63, 3.8) is 0 Å². The van der Waals surface area contributed by atoms with Gasteiger partial charge in [0.15, 0.2) is 5.82 Å². The number of H-pyrrole nitrogens is 1. The summed E-state index contributed by atoms with van der Waals surface area (Å²) in [6, 6.07) is 10.6. The van der Waals surface area contributed by atoms with Gasteiger partial charge in [0, 0.05) is 28.9 Å². The molecule has 4 aromatic rings. The number of carbonyl (C=O) groups is 1. The van der Waals surface area contributed by atoms with Crippen LogP contribution in [0.2, 0.25) is 0 Å². The molecule has 2 N–H and O–H groups in total. The summed E-state index contributed by atoms with van der Waals surface area (Å²) in [5, 5.41) is 10.9. The lowest BCUT2D eigenvalue weighted by atomic mass is 10.1. The molecule has 0 aliphatic rings. The van der Waals surface area contributed by atoms with Crippen LogP contribution < -0.4 is 5.32 Å². The average Bonchev–Trinajstić information content (AvgIpc) is 3.27. The summed E-state index contributed by atoms with van der Waals surface area (Å²) < 4.78 is 5.54. The Morgan fingerprint density at radius 3 is 2.81 bits per heavy atom. The molecule has 7 nitrogen and oxygen atoms in total. The van der Waals surface area contributed by atoms with Gasteiger partial charge < -0.3 is 9.73 Å². The zero-order chi connectivity index (χ0) is 18.1. The number of furan rings is 1. The molecule has 3 aromatic heterocycles. The van der Waals surface area contributed by atoms with E-state index in [1.165, 1.54) is 0 Å². The Bertz CT molecular complexity index is 1070. The van der Waals surface area contributed by atoms with Crippen molar-refractivity contribution in [2.45, 2.75) is 19.9 Å². The summed E-state index contributed by atoms with van der Waals surface area (Å²) >= 11 is 0. The molecule has 0 bridgehead atoms. The van der Waals surface area contributed by atoms with Crippen LogP contribution in [0.15, 0.2) is 53.2 Å². The lowest BCUT2D eigenvalue weighted by molar-refractivity contribution is 0.0938. The normalized spacial score (nSPS) is 12.2. The van der Waals surface area contributed by atoms with Gasteiger partial charge in [-0.05, 0) is 50.2 Å². The number of nitrogens with zero attached hydrogens (tertiary/aromatic N) is 3. The number of pyridine rings is 1. The topological polar surface area (TPSA) is 96.7 Å². The molecule has 1 amide bonds. The van der Waals surface area contributed by atoms with Crippen molar-refractivity contribution in [2.75, 3.05) is 0 Å². The first-order chi connectivity index (χ1) is 12.6. The smallest absolute Gasteiger partial charge is 0.251 e. The van der Waals surface area contributed by atoms with E-state index in [4.69, 9.17) is 4.42 Å². The molecule has 0 spiro atoms. The number of carbonyl (C=O) groups excluding carboxylic acids is 1. The van der Waals surface area contributed by atoms with Gasteiger partial charge in [0.1, 0.15) is 17.2 Å². The van der Waals surface area contributed by atoms with Crippen LogP contribution in [0.3, 0.4) is 0 Å². The maximum absolute atomic E-state index is 12.5. The fraction of sp³-hybridized carbons (Fsp3) is 0.158. The second kappa shape index (κ2) is 6.44. The van der Waals surface area contributed by atoms with Crippen molar-refractivity contribution in [3.05, 3.63) is 65.9 Å². The maximum atomic E-state index is 12.5. The van der Waals surface area contributed by atoms with E-state index >= 15 is 0 Å². The van der Waals surface area contributed by atoms with E-state index in [0.717, 1.165) is 22.3 Å². The monoisotopic (exact) mass is 347 g/mol. The van der Waals surface area contributed by atoms with Crippen molar-refractivity contribution < 1.29 is 9.21 Å². The first-order valence-corrected chi connectivity index (χ1v) is 8.24. The summed E-state index contributed by atoms with van der Waals surface area (Å²) in [6.45, 7) is 3.74. The number of rotatable bonds is 4. The number of aromatic amines is 1. The minimum absolute atomic E-state index is 0.180. The number of hydrogen-bond acceptors (Lipinski definition) is 5. The van der Waals surface area contributed by atoms with Crippen molar-refractivity contribution >= 4 is 16.9 Å². The van der Waals surface area contributed by atoms with E-state index in [9.17, 15) is 4.79 Å². The highest BCUT2D eigenvalue weighted by Crippen LogP contribution is 2.21. The number of aromatic nitrogens is 4. The van der Waals surface area contributed by atoms with Gasteiger partial charge >= 0.3 is 0 Å². The molecule has 0 saturated carbocycles. The van der Waals surface area contributed by atoms with Crippen molar-refractivity contribution in [1.29, 1.82) is 0 Å². The predicted octanol–water partition coefficient (Wildman–Crippen LogP) is 3.41. The molecule has 130 valence electrons. The minimum Gasteiger partial charge on any atom is -0.461 e. The van der Waals surface area contributed by atoms with Crippen molar-refractivity contribution in [2.24, 2.45) is 0 Å². The molecular weight excluding hydrogens is 330 g/mol. The first kappa shape index (κ1) is 16.0. The average molecular weight is 347 g/mol. The zero-order valence-corrected chi connectivity index (χ0v) is 14.4. The Kier molecular flexibility index (Phi) is 3.96. The first-order valence-electron chi connectivity index (χ1n) is 8.24. The van der Waals surface area contributed by atoms with Gasteiger partial charge in [-0.3, -0.25) is 14.9 Å². The molecule has 1 unspecified atom stereocenters. The van der Waals surface area contributed by atoms with Crippen LogP contribution in [0.5, 0.6) is 0 Å². The van der Waals surface area contributed by atoms with Gasteiger partial charge in [0.25, 0.3) is 5.91 Å². The second-order valence-electron chi connectivity index (χ2n) is 6.08. The maximum Gasteiger partial charge on any atom is 0.251 e. The molecule has 0 fully saturated rings. The molecule has 7 heteroatoms. The summed E-state index contributed by atoms with van der Waals surface area (Å²) in [5.41, 5.74) is 2.20. The third-order valence-electron chi connectivity index (χ3n) is 4.10. The van der Waals surface area contributed by atoms with E-state index in [1.54, 1.807) is 24.5 Å². The quantitative estimate of drug-likeness (QED) is 0.590. The molecule has 0 saturated heterocycles. The van der Waals surface area contributed by atoms with Gasteiger partial charge in [-0.2, -0.15) is 5.10 Å². The highest BCUT2D eigenvalue weighted by atomic mass is 16.3. The third kappa shape index (κ3) is 3.06. The van der Waals surface area contributed by atoms with Crippen molar-refractivity contribution in [3.8, 4) is 11.4 Å². The number of aryl methyl sites for hydroxylation is 1. The van der Waals surface area contributed by atoms with Crippen LogP contribution >= 0.6 is 0 Å². The van der Waals surface area contributed by atoms with E-state index < -0.39 is 0 Å². The van der Waals surface area contributed by atoms with Crippen molar-refractivity contribution in [1.82, 2.24) is 25.5 Å². The Labute approximate surface area is 149 Å². The third-order valence-corrected chi connectivity index (χ3v) is 4.10. The van der Waals surface area contributed by atoms with Crippen LogP contribution in [0, 0.1) is 6.92 Å². The van der Waals surface area contributed by atoms with E-state index in [2.05, 4.69) is 25.5 Å². The fourth-order valence-corrected chi connectivity index (χ4v) is 2.76. The number of fused-ring (bicyclic) bond motifs is 1. The summed E-state index contributed by atoms with van der Waals surface area (Å²) in [6.07, 6.45) is 3.37. The molecular formula is C19H17N5O2. The number of nitrogens with one attached hydrogen (secondary N) is 2. The molecule has 0 radical (unpaired) electrons. The lowest BCUT2D eigenvalue weighted by Crippen LogP contribution is -2.27. The van der Waals surface area contributed by atoms with Gasteiger partial charge in [0.05, 0.1) is 6.04 Å². The van der Waals surface area contributed by atoms with Crippen LogP contribution in [0.25, 0.3) is 22.4 Å². The van der Waals surface area contributed by atoms with Crippen LogP contribution in [-0.2, 0) is 0 Å².